The van der Waals surface area contributed by atoms with E-state index in [1.165, 1.54) is 4.88 Å². The topological polar surface area (TPSA) is 62.1 Å². The van der Waals surface area contributed by atoms with Crippen molar-refractivity contribution < 1.29 is 9.53 Å². The van der Waals surface area contributed by atoms with Crippen molar-refractivity contribution >= 4 is 22.2 Å². The SMILES string of the molecule is CC(C)Oc1cccc(C(=O)Nc2sc3c(c2C#N)CC[C@H](C)C3)c1. The Hall–Kier alpha value is -2.32. The van der Waals surface area contributed by atoms with Crippen LogP contribution in [0.25, 0.3) is 0 Å². The molecule has 0 aliphatic heterocycles. The Morgan fingerprint density at radius 2 is 2.24 bits per heavy atom. The zero-order valence-corrected chi connectivity index (χ0v) is 15.6. The Labute approximate surface area is 152 Å². The standard InChI is InChI=1S/C20H22N2O2S/c1-12(2)24-15-6-4-5-14(10-15)19(23)22-20-17(11-21)16-8-7-13(3)9-18(16)25-20/h4-6,10,12-13H,7-9H2,1-3H3,(H,22,23)/t13-/m0/s1. The molecule has 130 valence electrons. The molecule has 5 heteroatoms. The van der Waals surface area contributed by atoms with Crippen molar-refractivity contribution in [1.29, 1.82) is 5.26 Å². The van der Waals surface area contributed by atoms with Gasteiger partial charge in [0.2, 0.25) is 0 Å². The second kappa shape index (κ2) is 7.28. The highest BCUT2D eigenvalue weighted by Gasteiger charge is 2.24. The van der Waals surface area contributed by atoms with Crippen LogP contribution in [0.3, 0.4) is 0 Å². The van der Waals surface area contributed by atoms with Crippen molar-refractivity contribution in [2.45, 2.75) is 46.1 Å². The highest BCUT2D eigenvalue weighted by molar-refractivity contribution is 7.16. The molecule has 0 saturated heterocycles. The molecule has 3 rings (SSSR count). The van der Waals surface area contributed by atoms with E-state index in [0.29, 0.717) is 27.8 Å². The molecule has 2 aromatic rings. The van der Waals surface area contributed by atoms with Crippen LogP contribution in [-0.2, 0) is 12.8 Å². The van der Waals surface area contributed by atoms with Gasteiger partial charge in [-0.1, -0.05) is 13.0 Å². The minimum atomic E-state index is -0.211. The molecule has 0 spiro atoms. The highest BCUT2D eigenvalue weighted by atomic mass is 32.1. The quantitative estimate of drug-likeness (QED) is 0.859. The van der Waals surface area contributed by atoms with E-state index in [2.05, 4.69) is 18.3 Å². The smallest absolute Gasteiger partial charge is 0.256 e. The third-order valence-corrected chi connectivity index (χ3v) is 5.49. The minimum absolute atomic E-state index is 0.0505. The molecule has 0 saturated carbocycles. The monoisotopic (exact) mass is 354 g/mol. The second-order valence-electron chi connectivity index (χ2n) is 6.82. The maximum atomic E-state index is 12.6. The van der Waals surface area contributed by atoms with Gasteiger partial charge in [0.05, 0.1) is 11.7 Å². The van der Waals surface area contributed by atoms with Crippen LogP contribution in [-0.4, -0.2) is 12.0 Å². The molecular weight excluding hydrogens is 332 g/mol. The Morgan fingerprint density at radius 3 is 2.96 bits per heavy atom. The summed E-state index contributed by atoms with van der Waals surface area (Å²) in [5, 5.41) is 13.1. The molecular formula is C20H22N2O2S. The number of anilines is 1. The lowest BCUT2D eigenvalue weighted by molar-refractivity contribution is 0.102. The molecule has 1 amide bonds. The summed E-state index contributed by atoms with van der Waals surface area (Å²) in [6, 6.07) is 9.41. The van der Waals surface area contributed by atoms with Gasteiger partial charge in [-0.2, -0.15) is 5.26 Å². The fraction of sp³-hybridized carbons (Fsp3) is 0.400. The Kier molecular flexibility index (Phi) is 5.10. The van der Waals surface area contributed by atoms with E-state index < -0.39 is 0 Å². The normalized spacial score (nSPS) is 16.2. The fourth-order valence-corrected chi connectivity index (χ4v) is 4.47. The largest absolute Gasteiger partial charge is 0.491 e. The minimum Gasteiger partial charge on any atom is -0.491 e. The molecule has 0 fully saturated rings. The summed E-state index contributed by atoms with van der Waals surface area (Å²) in [4.78, 5) is 13.9. The van der Waals surface area contributed by atoms with Gasteiger partial charge in [-0.05, 0) is 62.8 Å². The van der Waals surface area contributed by atoms with E-state index >= 15 is 0 Å². The molecule has 25 heavy (non-hydrogen) atoms. The fourth-order valence-electron chi connectivity index (χ4n) is 3.12. The van der Waals surface area contributed by atoms with Crippen LogP contribution in [0.1, 0.15) is 53.6 Å². The number of carbonyl (C=O) groups excluding carboxylic acids is 1. The van der Waals surface area contributed by atoms with E-state index in [0.717, 1.165) is 24.8 Å². The summed E-state index contributed by atoms with van der Waals surface area (Å²) in [5.74, 6) is 1.09. The summed E-state index contributed by atoms with van der Waals surface area (Å²) >= 11 is 1.54. The van der Waals surface area contributed by atoms with Crippen LogP contribution < -0.4 is 10.1 Å². The zero-order valence-electron chi connectivity index (χ0n) is 14.8. The van der Waals surface area contributed by atoms with Crippen LogP contribution in [0, 0.1) is 17.2 Å². The van der Waals surface area contributed by atoms with Crippen LogP contribution in [0.15, 0.2) is 24.3 Å². The van der Waals surface area contributed by atoms with E-state index in [-0.39, 0.29) is 12.0 Å². The van der Waals surface area contributed by atoms with Gasteiger partial charge in [0.25, 0.3) is 5.91 Å². The number of thiophene rings is 1. The number of amides is 1. The third-order valence-electron chi connectivity index (χ3n) is 4.32. The first kappa shape index (κ1) is 17.5. The molecule has 0 radical (unpaired) electrons. The Bertz CT molecular complexity index is 833. The van der Waals surface area contributed by atoms with Crippen molar-refractivity contribution in [1.82, 2.24) is 0 Å². The maximum absolute atomic E-state index is 12.6. The van der Waals surface area contributed by atoms with Crippen molar-refractivity contribution in [2.24, 2.45) is 5.92 Å². The molecule has 0 unspecified atom stereocenters. The second-order valence-corrected chi connectivity index (χ2v) is 7.92. The lowest BCUT2D eigenvalue weighted by Gasteiger charge is -2.17. The van der Waals surface area contributed by atoms with Crippen LogP contribution in [0.4, 0.5) is 5.00 Å². The number of fused-ring (bicyclic) bond motifs is 1. The summed E-state index contributed by atoms with van der Waals surface area (Å²) in [7, 11) is 0. The van der Waals surface area contributed by atoms with E-state index in [4.69, 9.17) is 4.74 Å². The van der Waals surface area contributed by atoms with E-state index in [9.17, 15) is 10.1 Å². The van der Waals surface area contributed by atoms with Gasteiger partial charge in [-0.3, -0.25) is 4.79 Å². The number of rotatable bonds is 4. The molecule has 1 heterocycles. The van der Waals surface area contributed by atoms with Crippen molar-refractivity contribution in [2.75, 3.05) is 5.32 Å². The van der Waals surface area contributed by atoms with Crippen molar-refractivity contribution in [3.8, 4) is 11.8 Å². The Balaban J connectivity index is 1.83. The van der Waals surface area contributed by atoms with Crippen LogP contribution in [0.2, 0.25) is 0 Å². The Morgan fingerprint density at radius 1 is 1.44 bits per heavy atom. The maximum Gasteiger partial charge on any atom is 0.256 e. The van der Waals surface area contributed by atoms with Gasteiger partial charge in [0.15, 0.2) is 0 Å². The van der Waals surface area contributed by atoms with Crippen LogP contribution >= 0.6 is 11.3 Å². The first-order valence-electron chi connectivity index (χ1n) is 8.60. The van der Waals surface area contributed by atoms with Crippen molar-refractivity contribution in [3.63, 3.8) is 0 Å². The number of hydrogen-bond donors (Lipinski definition) is 1. The molecule has 1 aliphatic carbocycles. The lowest BCUT2D eigenvalue weighted by Crippen LogP contribution is -2.13. The van der Waals surface area contributed by atoms with Gasteiger partial charge in [-0.15, -0.1) is 11.3 Å². The van der Waals surface area contributed by atoms with Gasteiger partial charge < -0.3 is 10.1 Å². The summed E-state index contributed by atoms with van der Waals surface area (Å²) in [5.41, 5.74) is 2.29. The first-order valence-corrected chi connectivity index (χ1v) is 9.42. The zero-order chi connectivity index (χ0) is 18.0. The molecule has 1 aromatic heterocycles. The first-order chi connectivity index (χ1) is 12.0. The predicted molar refractivity (Wildman–Crippen MR) is 100 cm³/mol. The number of benzene rings is 1. The van der Waals surface area contributed by atoms with Gasteiger partial charge in [0, 0.05) is 10.4 Å². The average Bonchev–Trinajstić information content (AvgIpc) is 2.90. The average molecular weight is 354 g/mol. The molecule has 1 aromatic carbocycles. The molecule has 1 N–H and O–H groups in total. The molecule has 1 atom stereocenters. The molecule has 4 nitrogen and oxygen atoms in total. The number of nitriles is 1. The summed E-state index contributed by atoms with van der Waals surface area (Å²) < 4.78 is 5.65. The van der Waals surface area contributed by atoms with E-state index in [1.54, 1.807) is 29.5 Å². The third kappa shape index (κ3) is 3.85. The predicted octanol–water partition coefficient (Wildman–Crippen LogP) is 4.78. The number of nitrogens with zero attached hydrogens (tertiary/aromatic N) is 1. The van der Waals surface area contributed by atoms with Gasteiger partial charge in [0.1, 0.15) is 16.8 Å². The highest BCUT2D eigenvalue weighted by Crippen LogP contribution is 2.39. The number of nitrogens with one attached hydrogen (secondary N) is 1. The number of hydrogen-bond acceptors (Lipinski definition) is 4. The number of carbonyl (C=O) groups is 1. The lowest BCUT2D eigenvalue weighted by atomic mass is 9.88. The van der Waals surface area contributed by atoms with Gasteiger partial charge in [-0.25, -0.2) is 0 Å². The summed E-state index contributed by atoms with van der Waals surface area (Å²) in [6.45, 7) is 6.12. The van der Waals surface area contributed by atoms with E-state index in [1.807, 2.05) is 19.9 Å². The van der Waals surface area contributed by atoms with Crippen LogP contribution in [0.5, 0.6) is 5.75 Å². The van der Waals surface area contributed by atoms with Crippen molar-refractivity contribution in [3.05, 3.63) is 45.8 Å². The molecule has 0 bridgehead atoms. The number of ether oxygens (including phenoxy) is 1. The van der Waals surface area contributed by atoms with Gasteiger partial charge >= 0.3 is 0 Å². The molecule has 1 aliphatic rings. The summed E-state index contributed by atoms with van der Waals surface area (Å²) in [6.07, 6.45) is 3.06.